The number of nitrogens with zero attached hydrogens (tertiary/aromatic N) is 1. The lowest BCUT2D eigenvalue weighted by Crippen LogP contribution is -2.50. The average Bonchev–Trinajstić information content (AvgIpc) is 2.56. The molecule has 0 unspecified atom stereocenters. The fourth-order valence-electron chi connectivity index (χ4n) is 3.03. The van der Waals surface area contributed by atoms with Crippen molar-refractivity contribution in [3.63, 3.8) is 0 Å². The fourth-order valence-corrected chi connectivity index (χ4v) is 3.37. The van der Waals surface area contributed by atoms with E-state index in [1.54, 1.807) is 0 Å². The van der Waals surface area contributed by atoms with E-state index >= 15 is 0 Å². The van der Waals surface area contributed by atoms with Gasteiger partial charge in [-0.1, -0.05) is 22.0 Å². The molecule has 0 amide bonds. The SMILES string of the molecule is OCCN1Cc2ccc(Br)cc2OC2(CCOCC2)C1. The van der Waals surface area contributed by atoms with E-state index in [1.807, 2.05) is 6.07 Å². The Balaban J connectivity index is 1.93. The summed E-state index contributed by atoms with van der Waals surface area (Å²) >= 11 is 3.52. The van der Waals surface area contributed by atoms with Crippen molar-refractivity contribution in [2.75, 3.05) is 32.9 Å². The van der Waals surface area contributed by atoms with Gasteiger partial charge in [-0.15, -0.1) is 0 Å². The van der Waals surface area contributed by atoms with E-state index in [0.29, 0.717) is 6.54 Å². The minimum Gasteiger partial charge on any atom is -0.485 e. The fraction of sp³-hybridized carbons (Fsp3) is 0.600. The Morgan fingerprint density at radius 2 is 2.10 bits per heavy atom. The third-order valence-electron chi connectivity index (χ3n) is 4.08. The molecule has 2 heterocycles. The number of aliphatic hydroxyl groups excluding tert-OH is 1. The zero-order chi connectivity index (χ0) is 14.0. The van der Waals surface area contributed by atoms with Gasteiger partial charge in [-0.2, -0.15) is 0 Å². The molecular formula is C15H20BrNO3. The molecule has 0 bridgehead atoms. The van der Waals surface area contributed by atoms with Gasteiger partial charge in [-0.05, 0) is 12.1 Å². The largest absolute Gasteiger partial charge is 0.485 e. The van der Waals surface area contributed by atoms with Gasteiger partial charge in [0, 0.05) is 42.5 Å². The molecule has 0 aliphatic carbocycles. The van der Waals surface area contributed by atoms with Gasteiger partial charge in [0.25, 0.3) is 0 Å². The summed E-state index contributed by atoms with van der Waals surface area (Å²) in [4.78, 5) is 2.28. The van der Waals surface area contributed by atoms with Crippen molar-refractivity contribution in [3.8, 4) is 5.75 Å². The van der Waals surface area contributed by atoms with Crippen LogP contribution in [-0.4, -0.2) is 48.5 Å². The third-order valence-corrected chi connectivity index (χ3v) is 4.57. The summed E-state index contributed by atoms with van der Waals surface area (Å²) < 4.78 is 12.9. The average molecular weight is 342 g/mol. The van der Waals surface area contributed by atoms with Crippen molar-refractivity contribution in [1.82, 2.24) is 4.90 Å². The number of hydrogen-bond acceptors (Lipinski definition) is 4. The van der Waals surface area contributed by atoms with Crippen LogP contribution in [0.25, 0.3) is 0 Å². The van der Waals surface area contributed by atoms with E-state index in [9.17, 15) is 5.11 Å². The second kappa shape index (κ2) is 6.02. The van der Waals surface area contributed by atoms with E-state index in [2.05, 4.69) is 33.0 Å². The number of ether oxygens (including phenoxy) is 2. The molecule has 3 rings (SSSR count). The lowest BCUT2D eigenvalue weighted by atomic mass is 9.93. The molecule has 0 saturated carbocycles. The van der Waals surface area contributed by atoms with Crippen LogP contribution in [0.3, 0.4) is 0 Å². The van der Waals surface area contributed by atoms with Gasteiger partial charge < -0.3 is 14.6 Å². The highest BCUT2D eigenvalue weighted by atomic mass is 79.9. The van der Waals surface area contributed by atoms with Gasteiger partial charge in [-0.25, -0.2) is 0 Å². The molecule has 1 saturated heterocycles. The molecule has 0 atom stereocenters. The summed E-state index contributed by atoms with van der Waals surface area (Å²) in [5.41, 5.74) is 1.00. The first-order valence-electron chi connectivity index (χ1n) is 7.09. The molecule has 2 aliphatic heterocycles. The van der Waals surface area contributed by atoms with Crippen LogP contribution in [0.2, 0.25) is 0 Å². The maximum absolute atomic E-state index is 9.27. The third kappa shape index (κ3) is 3.01. The number of halogens is 1. The second-order valence-corrected chi connectivity index (χ2v) is 6.50. The Kier molecular flexibility index (Phi) is 4.31. The first kappa shape index (κ1) is 14.3. The number of fused-ring (bicyclic) bond motifs is 1. The minimum atomic E-state index is -0.181. The highest BCUT2D eigenvalue weighted by molar-refractivity contribution is 9.10. The monoisotopic (exact) mass is 341 g/mol. The van der Waals surface area contributed by atoms with Crippen LogP contribution in [-0.2, 0) is 11.3 Å². The van der Waals surface area contributed by atoms with E-state index in [0.717, 1.165) is 49.4 Å². The quantitative estimate of drug-likeness (QED) is 0.895. The highest BCUT2D eigenvalue weighted by Crippen LogP contribution is 2.36. The predicted molar refractivity (Wildman–Crippen MR) is 79.9 cm³/mol. The Morgan fingerprint density at radius 3 is 2.85 bits per heavy atom. The summed E-state index contributed by atoms with van der Waals surface area (Å²) in [6.45, 7) is 4.03. The Hall–Kier alpha value is -0.620. The summed E-state index contributed by atoms with van der Waals surface area (Å²) in [6, 6.07) is 6.19. The van der Waals surface area contributed by atoms with E-state index < -0.39 is 0 Å². The molecule has 1 fully saturated rings. The van der Waals surface area contributed by atoms with Gasteiger partial charge in [0.1, 0.15) is 11.4 Å². The molecule has 20 heavy (non-hydrogen) atoms. The van der Waals surface area contributed by atoms with Gasteiger partial charge in [0.2, 0.25) is 0 Å². The Bertz CT molecular complexity index is 474. The molecule has 1 aromatic carbocycles. The zero-order valence-corrected chi connectivity index (χ0v) is 13.1. The standard InChI is InChI=1S/C15H20BrNO3/c16-13-2-1-12-10-17(5-6-18)11-15(20-14(12)9-13)3-7-19-8-4-15/h1-2,9,18H,3-8,10-11H2. The summed E-state index contributed by atoms with van der Waals surface area (Å²) in [7, 11) is 0. The number of aliphatic hydroxyl groups is 1. The lowest BCUT2D eigenvalue weighted by molar-refractivity contribution is -0.0595. The maximum atomic E-state index is 9.27. The molecule has 0 radical (unpaired) electrons. The highest BCUT2D eigenvalue weighted by Gasteiger charge is 2.39. The summed E-state index contributed by atoms with van der Waals surface area (Å²) in [5.74, 6) is 0.960. The number of hydrogen-bond donors (Lipinski definition) is 1. The first-order valence-corrected chi connectivity index (χ1v) is 7.88. The number of β-amino-alcohol motifs (C(OH)–C–C–N with tert-alkyl or cyclic N) is 1. The number of benzene rings is 1. The molecule has 4 nitrogen and oxygen atoms in total. The Morgan fingerprint density at radius 1 is 1.30 bits per heavy atom. The van der Waals surface area contributed by atoms with E-state index in [4.69, 9.17) is 9.47 Å². The van der Waals surface area contributed by atoms with Crippen molar-refractivity contribution in [2.24, 2.45) is 0 Å². The smallest absolute Gasteiger partial charge is 0.126 e. The van der Waals surface area contributed by atoms with Crippen LogP contribution in [0.15, 0.2) is 22.7 Å². The van der Waals surface area contributed by atoms with Crippen LogP contribution in [0.5, 0.6) is 5.75 Å². The van der Waals surface area contributed by atoms with E-state index in [-0.39, 0.29) is 12.2 Å². The van der Waals surface area contributed by atoms with Crippen LogP contribution in [0, 0.1) is 0 Å². The van der Waals surface area contributed by atoms with Crippen molar-refractivity contribution >= 4 is 15.9 Å². The molecular weight excluding hydrogens is 322 g/mol. The van der Waals surface area contributed by atoms with Crippen molar-refractivity contribution < 1.29 is 14.6 Å². The molecule has 110 valence electrons. The van der Waals surface area contributed by atoms with Crippen LogP contribution < -0.4 is 4.74 Å². The van der Waals surface area contributed by atoms with Crippen LogP contribution in [0.4, 0.5) is 0 Å². The van der Waals surface area contributed by atoms with Gasteiger partial charge in [0.15, 0.2) is 0 Å². The molecule has 5 heteroatoms. The van der Waals surface area contributed by atoms with Crippen molar-refractivity contribution in [2.45, 2.75) is 25.0 Å². The molecule has 0 aromatic heterocycles. The Labute approximate surface area is 127 Å². The number of rotatable bonds is 2. The molecule has 2 aliphatic rings. The molecule has 1 aromatic rings. The van der Waals surface area contributed by atoms with Crippen LogP contribution in [0.1, 0.15) is 18.4 Å². The predicted octanol–water partition coefficient (Wildman–Crippen LogP) is 2.18. The molecule has 1 spiro atoms. The van der Waals surface area contributed by atoms with Crippen molar-refractivity contribution in [1.29, 1.82) is 0 Å². The van der Waals surface area contributed by atoms with Crippen molar-refractivity contribution in [3.05, 3.63) is 28.2 Å². The van der Waals surface area contributed by atoms with Gasteiger partial charge in [-0.3, -0.25) is 4.90 Å². The summed E-state index contributed by atoms with van der Waals surface area (Å²) in [5, 5.41) is 9.27. The molecule has 1 N–H and O–H groups in total. The van der Waals surface area contributed by atoms with Crippen LogP contribution >= 0.6 is 15.9 Å². The maximum Gasteiger partial charge on any atom is 0.126 e. The zero-order valence-electron chi connectivity index (χ0n) is 11.5. The minimum absolute atomic E-state index is 0.179. The lowest BCUT2D eigenvalue weighted by Gasteiger charge is -2.38. The van der Waals surface area contributed by atoms with Gasteiger partial charge >= 0.3 is 0 Å². The topological polar surface area (TPSA) is 41.9 Å². The summed E-state index contributed by atoms with van der Waals surface area (Å²) in [6.07, 6.45) is 1.81. The van der Waals surface area contributed by atoms with Gasteiger partial charge in [0.05, 0.1) is 19.8 Å². The second-order valence-electron chi connectivity index (χ2n) is 5.58. The normalized spacial score (nSPS) is 22.1. The van der Waals surface area contributed by atoms with E-state index in [1.165, 1.54) is 5.56 Å². The first-order chi connectivity index (χ1) is 9.71.